The number of imide groups is 1. The van der Waals surface area contributed by atoms with E-state index in [-0.39, 0.29) is 6.54 Å². The molecule has 2 aromatic carbocycles. The van der Waals surface area contributed by atoms with Gasteiger partial charge in [0.05, 0.1) is 12.1 Å². The second-order valence-corrected chi connectivity index (χ2v) is 6.01. The first-order valence-electron chi connectivity index (χ1n) is 7.57. The monoisotopic (exact) mass is 348 g/mol. The summed E-state index contributed by atoms with van der Waals surface area (Å²) in [4.78, 5) is 26.0. The van der Waals surface area contributed by atoms with Crippen molar-refractivity contribution in [2.45, 2.75) is 25.2 Å². The van der Waals surface area contributed by atoms with Crippen LogP contribution in [0.5, 0.6) is 0 Å². The van der Waals surface area contributed by atoms with E-state index in [2.05, 4.69) is 5.32 Å². The Hall–Kier alpha value is -2.83. The molecular weight excluding hydrogens is 333 g/mol. The quantitative estimate of drug-likeness (QED) is 0.861. The van der Waals surface area contributed by atoms with Gasteiger partial charge in [0.1, 0.15) is 5.54 Å². The largest absolute Gasteiger partial charge is 0.416 e. The molecule has 0 bridgehead atoms. The number of amides is 3. The molecule has 25 heavy (non-hydrogen) atoms. The second-order valence-electron chi connectivity index (χ2n) is 6.01. The number of benzene rings is 2. The Bertz CT molecular complexity index is 803. The molecule has 130 valence electrons. The topological polar surface area (TPSA) is 49.4 Å². The van der Waals surface area contributed by atoms with Crippen LogP contribution in [0.3, 0.4) is 0 Å². The number of carbonyl (C=O) groups excluding carboxylic acids is 2. The fourth-order valence-electron chi connectivity index (χ4n) is 2.79. The van der Waals surface area contributed by atoms with Gasteiger partial charge in [-0.25, -0.2) is 4.79 Å². The van der Waals surface area contributed by atoms with Crippen LogP contribution in [0.1, 0.15) is 23.6 Å². The lowest BCUT2D eigenvalue weighted by Crippen LogP contribution is -2.40. The fourth-order valence-corrected chi connectivity index (χ4v) is 2.79. The molecule has 1 aliphatic heterocycles. The molecule has 1 N–H and O–H groups in total. The first-order valence-corrected chi connectivity index (χ1v) is 7.57. The normalized spacial score (nSPS) is 20.7. The molecule has 1 atom stereocenters. The van der Waals surface area contributed by atoms with E-state index in [1.165, 1.54) is 12.1 Å². The van der Waals surface area contributed by atoms with Crippen molar-refractivity contribution in [3.63, 3.8) is 0 Å². The van der Waals surface area contributed by atoms with E-state index in [9.17, 15) is 22.8 Å². The third-order valence-electron chi connectivity index (χ3n) is 4.25. The Morgan fingerprint density at radius 3 is 2.16 bits per heavy atom. The van der Waals surface area contributed by atoms with Crippen molar-refractivity contribution in [3.05, 3.63) is 71.3 Å². The SMILES string of the molecule is C[C@]1(c2ccccc2)NC(=O)N(Cc2ccc(C(F)(F)F)cc2)C1=O. The number of hydrogen-bond acceptors (Lipinski definition) is 2. The average Bonchev–Trinajstić information content (AvgIpc) is 2.80. The number of hydrogen-bond donors (Lipinski definition) is 1. The number of halogens is 3. The fraction of sp³-hybridized carbons (Fsp3) is 0.222. The van der Waals surface area contributed by atoms with E-state index < -0.39 is 29.2 Å². The molecule has 7 heteroatoms. The molecule has 1 heterocycles. The summed E-state index contributed by atoms with van der Waals surface area (Å²) in [7, 11) is 0. The van der Waals surface area contributed by atoms with E-state index in [0.717, 1.165) is 17.0 Å². The van der Waals surface area contributed by atoms with Crippen LogP contribution in [-0.4, -0.2) is 16.8 Å². The molecule has 3 amide bonds. The van der Waals surface area contributed by atoms with Gasteiger partial charge < -0.3 is 5.32 Å². The second kappa shape index (κ2) is 5.91. The van der Waals surface area contributed by atoms with Gasteiger partial charge in [-0.15, -0.1) is 0 Å². The summed E-state index contributed by atoms with van der Waals surface area (Å²) < 4.78 is 37.8. The molecule has 2 aromatic rings. The number of carbonyl (C=O) groups is 2. The molecule has 0 aliphatic carbocycles. The average molecular weight is 348 g/mol. The summed E-state index contributed by atoms with van der Waals surface area (Å²) in [6, 6.07) is 12.6. The zero-order chi connectivity index (χ0) is 18.2. The van der Waals surface area contributed by atoms with E-state index >= 15 is 0 Å². The standard InChI is InChI=1S/C18H15F3N2O2/c1-17(13-5-3-2-4-6-13)15(24)23(16(25)22-17)11-12-7-9-14(10-8-12)18(19,20)21/h2-10H,11H2,1H3,(H,22,25)/t17-/m1/s1. The van der Waals surface area contributed by atoms with Gasteiger partial charge in [0.2, 0.25) is 0 Å². The van der Waals surface area contributed by atoms with Crippen molar-refractivity contribution in [1.29, 1.82) is 0 Å². The minimum absolute atomic E-state index is 0.0920. The molecule has 1 saturated heterocycles. The third-order valence-corrected chi connectivity index (χ3v) is 4.25. The molecular formula is C18H15F3N2O2. The van der Waals surface area contributed by atoms with Crippen LogP contribution in [0.15, 0.2) is 54.6 Å². The first-order chi connectivity index (χ1) is 11.7. The Morgan fingerprint density at radius 1 is 1.00 bits per heavy atom. The minimum atomic E-state index is -4.43. The Balaban J connectivity index is 1.82. The maximum absolute atomic E-state index is 12.7. The van der Waals surface area contributed by atoms with E-state index in [0.29, 0.717) is 11.1 Å². The van der Waals surface area contributed by atoms with Gasteiger partial charge in [-0.05, 0) is 30.2 Å². The first kappa shape index (κ1) is 17.0. The Labute approximate surface area is 142 Å². The lowest BCUT2D eigenvalue weighted by molar-refractivity contribution is -0.137. The summed E-state index contributed by atoms with van der Waals surface area (Å²) in [5.41, 5.74) is -0.885. The van der Waals surface area contributed by atoms with Crippen LogP contribution >= 0.6 is 0 Å². The lowest BCUT2D eigenvalue weighted by atomic mass is 9.92. The van der Waals surface area contributed by atoms with Crippen LogP contribution < -0.4 is 5.32 Å². The van der Waals surface area contributed by atoms with Crippen molar-refractivity contribution in [2.75, 3.05) is 0 Å². The molecule has 0 spiro atoms. The number of nitrogens with zero attached hydrogens (tertiary/aromatic N) is 1. The number of urea groups is 1. The Kier molecular flexibility index (Phi) is 4.02. The summed E-state index contributed by atoms with van der Waals surface area (Å²) in [6.45, 7) is 1.51. The number of nitrogens with one attached hydrogen (secondary N) is 1. The maximum Gasteiger partial charge on any atom is 0.416 e. The molecule has 3 rings (SSSR count). The molecule has 4 nitrogen and oxygen atoms in total. The highest BCUT2D eigenvalue weighted by Gasteiger charge is 2.48. The molecule has 0 radical (unpaired) electrons. The summed E-state index contributed by atoms with van der Waals surface area (Å²) in [5.74, 6) is -0.441. The van der Waals surface area contributed by atoms with Crippen molar-refractivity contribution < 1.29 is 22.8 Å². The van der Waals surface area contributed by atoms with Gasteiger partial charge in [0.25, 0.3) is 5.91 Å². The summed E-state index contributed by atoms with van der Waals surface area (Å²) >= 11 is 0. The van der Waals surface area contributed by atoms with Crippen molar-refractivity contribution in [2.24, 2.45) is 0 Å². The van der Waals surface area contributed by atoms with Crippen LogP contribution in [0.25, 0.3) is 0 Å². The third kappa shape index (κ3) is 3.09. The van der Waals surface area contributed by atoms with Gasteiger partial charge in [0.15, 0.2) is 0 Å². The van der Waals surface area contributed by atoms with Crippen LogP contribution in [0, 0.1) is 0 Å². The number of alkyl halides is 3. The number of rotatable bonds is 3. The zero-order valence-electron chi connectivity index (χ0n) is 13.3. The van der Waals surface area contributed by atoms with E-state index in [1.807, 2.05) is 0 Å². The minimum Gasteiger partial charge on any atom is -0.319 e. The van der Waals surface area contributed by atoms with Crippen molar-refractivity contribution in [1.82, 2.24) is 10.2 Å². The molecule has 1 aliphatic rings. The zero-order valence-corrected chi connectivity index (χ0v) is 13.3. The van der Waals surface area contributed by atoms with Crippen LogP contribution in [0.2, 0.25) is 0 Å². The predicted octanol–water partition coefficient (Wildman–Crippen LogP) is 3.67. The summed E-state index contributed by atoms with van der Waals surface area (Å²) in [6.07, 6.45) is -4.43. The molecule has 0 aromatic heterocycles. The summed E-state index contributed by atoms with van der Waals surface area (Å²) in [5, 5.41) is 2.66. The van der Waals surface area contributed by atoms with Crippen molar-refractivity contribution >= 4 is 11.9 Å². The highest BCUT2D eigenvalue weighted by atomic mass is 19.4. The van der Waals surface area contributed by atoms with Crippen molar-refractivity contribution in [3.8, 4) is 0 Å². The Morgan fingerprint density at radius 2 is 1.60 bits per heavy atom. The highest BCUT2D eigenvalue weighted by Crippen LogP contribution is 2.31. The van der Waals surface area contributed by atoms with Gasteiger partial charge >= 0.3 is 12.2 Å². The van der Waals surface area contributed by atoms with Gasteiger partial charge in [0, 0.05) is 0 Å². The molecule has 0 saturated carbocycles. The maximum atomic E-state index is 12.7. The molecule has 1 fully saturated rings. The van der Waals surface area contributed by atoms with Gasteiger partial charge in [-0.1, -0.05) is 42.5 Å². The smallest absolute Gasteiger partial charge is 0.319 e. The van der Waals surface area contributed by atoms with Gasteiger partial charge in [-0.3, -0.25) is 9.69 Å². The highest BCUT2D eigenvalue weighted by molar-refractivity contribution is 6.07. The predicted molar refractivity (Wildman–Crippen MR) is 84.3 cm³/mol. The van der Waals surface area contributed by atoms with E-state index in [1.54, 1.807) is 37.3 Å². The van der Waals surface area contributed by atoms with Crippen LogP contribution in [0.4, 0.5) is 18.0 Å². The van der Waals surface area contributed by atoms with Crippen LogP contribution in [-0.2, 0) is 23.1 Å². The van der Waals surface area contributed by atoms with Gasteiger partial charge in [-0.2, -0.15) is 13.2 Å². The molecule has 0 unspecified atom stereocenters. The van der Waals surface area contributed by atoms with E-state index in [4.69, 9.17) is 0 Å². The lowest BCUT2D eigenvalue weighted by Gasteiger charge is -2.22.